The fourth-order valence-electron chi connectivity index (χ4n) is 4.80. The molecule has 0 N–H and O–H groups in total. The van der Waals surface area contributed by atoms with E-state index in [1.165, 1.54) is 0 Å². The van der Waals surface area contributed by atoms with E-state index >= 15 is 0 Å². The minimum atomic E-state index is -0.755. The fraction of sp³-hybridized carbons (Fsp3) is 0.158. The number of halogens is 1. The number of fused-ring (bicyclic) bond motifs is 2. The van der Waals surface area contributed by atoms with Gasteiger partial charge in [0.1, 0.15) is 49.4 Å². The maximum Gasteiger partial charge on any atom is 0.330 e. The predicted molar refractivity (Wildman–Crippen MR) is 181 cm³/mol. The number of ether oxygens (including phenoxy) is 6. The third-order valence-electron chi connectivity index (χ3n) is 6.97. The van der Waals surface area contributed by atoms with Gasteiger partial charge < -0.3 is 28.4 Å². The molecular weight excluding hydrogens is 620 g/mol. The van der Waals surface area contributed by atoms with Crippen LogP contribution in [0.15, 0.2) is 128 Å². The molecule has 0 aliphatic rings. The maximum atomic E-state index is 12.2. The average molecular weight is 653 g/mol. The smallest absolute Gasteiger partial charge is 0.330 e. The average Bonchev–Trinajstić information content (AvgIpc) is 3.11. The zero-order chi connectivity index (χ0) is 33.0. The minimum absolute atomic E-state index is 0.00918. The first-order chi connectivity index (χ1) is 22.9. The molecule has 5 aromatic rings. The molecule has 47 heavy (non-hydrogen) atoms. The lowest BCUT2D eigenvalue weighted by atomic mass is 10.0. The molecule has 0 radical (unpaired) electrons. The largest absolute Gasteiger partial charge is 0.490 e. The quantitative estimate of drug-likeness (QED) is 0.0607. The Balaban J connectivity index is 1.44. The Morgan fingerprint density at radius 1 is 0.553 bits per heavy atom. The van der Waals surface area contributed by atoms with Gasteiger partial charge in [0.15, 0.2) is 12.2 Å². The Morgan fingerprint density at radius 3 is 1.43 bits per heavy atom. The van der Waals surface area contributed by atoms with Crippen molar-refractivity contribution in [3.05, 3.63) is 133 Å². The van der Waals surface area contributed by atoms with Gasteiger partial charge in [0, 0.05) is 38.7 Å². The summed E-state index contributed by atoms with van der Waals surface area (Å²) in [6.07, 6.45) is 0.688. The van der Waals surface area contributed by atoms with Crippen LogP contribution in [0, 0.1) is 0 Å². The summed E-state index contributed by atoms with van der Waals surface area (Å²) in [5.74, 6) is 1.13. The van der Waals surface area contributed by atoms with Crippen molar-refractivity contribution >= 4 is 45.1 Å². The number of para-hydroxylation sites is 2. The zero-order valence-electron chi connectivity index (χ0n) is 25.5. The van der Waals surface area contributed by atoms with Gasteiger partial charge in [0.2, 0.25) is 0 Å². The highest BCUT2D eigenvalue weighted by atomic mass is 35.5. The van der Waals surface area contributed by atoms with E-state index in [1.807, 2.05) is 91.0 Å². The highest BCUT2D eigenvalue weighted by Gasteiger charge is 2.22. The number of hydrogen-bond donors (Lipinski definition) is 0. The third kappa shape index (κ3) is 8.83. The van der Waals surface area contributed by atoms with E-state index in [0.29, 0.717) is 38.8 Å². The Labute approximate surface area is 277 Å². The van der Waals surface area contributed by atoms with Crippen LogP contribution >= 0.6 is 11.6 Å². The zero-order valence-corrected chi connectivity index (χ0v) is 26.3. The molecule has 0 amide bonds. The monoisotopic (exact) mass is 652 g/mol. The van der Waals surface area contributed by atoms with Gasteiger partial charge in [-0.25, -0.2) is 9.59 Å². The lowest BCUT2D eigenvalue weighted by Gasteiger charge is -2.23. The molecule has 0 saturated heterocycles. The van der Waals surface area contributed by atoms with Crippen molar-refractivity contribution in [2.24, 2.45) is 0 Å². The molecule has 8 nitrogen and oxygen atoms in total. The molecule has 5 rings (SSSR count). The van der Waals surface area contributed by atoms with Crippen LogP contribution in [0.3, 0.4) is 0 Å². The molecule has 0 aliphatic carbocycles. The second-order valence-electron chi connectivity index (χ2n) is 10.3. The van der Waals surface area contributed by atoms with Crippen molar-refractivity contribution in [1.29, 1.82) is 0 Å². The van der Waals surface area contributed by atoms with Crippen molar-refractivity contribution in [3.8, 4) is 23.0 Å². The molecule has 0 fully saturated rings. The number of rotatable bonds is 16. The molecule has 240 valence electrons. The first kappa shape index (κ1) is 32.9. The normalized spacial score (nSPS) is 12.0. The number of esters is 2. The van der Waals surface area contributed by atoms with Crippen molar-refractivity contribution in [3.63, 3.8) is 0 Å². The van der Waals surface area contributed by atoms with Crippen LogP contribution in [-0.4, -0.2) is 50.6 Å². The van der Waals surface area contributed by atoms with Gasteiger partial charge in [-0.1, -0.05) is 85.4 Å². The van der Waals surface area contributed by atoms with Crippen LogP contribution in [0.4, 0.5) is 0 Å². The van der Waals surface area contributed by atoms with E-state index in [-0.39, 0.29) is 26.4 Å². The van der Waals surface area contributed by atoms with E-state index in [0.717, 1.165) is 22.9 Å². The Kier molecular flexibility index (Phi) is 11.3. The van der Waals surface area contributed by atoms with E-state index in [4.69, 9.17) is 40.0 Å². The third-order valence-corrected chi connectivity index (χ3v) is 7.21. The summed E-state index contributed by atoms with van der Waals surface area (Å²) in [6, 6.07) is 31.4. The van der Waals surface area contributed by atoms with Crippen LogP contribution in [0.25, 0.3) is 21.5 Å². The molecule has 2 unspecified atom stereocenters. The lowest BCUT2D eigenvalue weighted by molar-refractivity contribution is -0.147. The second kappa shape index (κ2) is 16.2. The highest BCUT2D eigenvalue weighted by Crippen LogP contribution is 2.43. The van der Waals surface area contributed by atoms with Gasteiger partial charge in [-0.05, 0) is 42.5 Å². The summed E-state index contributed by atoms with van der Waals surface area (Å²) in [7, 11) is 0. The van der Waals surface area contributed by atoms with E-state index in [1.54, 1.807) is 12.1 Å². The van der Waals surface area contributed by atoms with Gasteiger partial charge in [-0.15, -0.1) is 0 Å². The van der Waals surface area contributed by atoms with Gasteiger partial charge >= 0.3 is 11.9 Å². The summed E-state index contributed by atoms with van der Waals surface area (Å²) in [5.41, 5.74) is 0. The predicted octanol–water partition coefficient (Wildman–Crippen LogP) is 7.76. The van der Waals surface area contributed by atoms with Gasteiger partial charge in [0.25, 0.3) is 0 Å². The van der Waals surface area contributed by atoms with Gasteiger partial charge in [0.05, 0.1) is 0 Å². The van der Waals surface area contributed by atoms with Gasteiger partial charge in [-0.3, -0.25) is 0 Å². The van der Waals surface area contributed by atoms with Gasteiger partial charge in [-0.2, -0.15) is 0 Å². The van der Waals surface area contributed by atoms with Crippen molar-refractivity contribution in [2.75, 3.05) is 26.4 Å². The van der Waals surface area contributed by atoms with Crippen molar-refractivity contribution < 1.29 is 38.0 Å². The topological polar surface area (TPSA) is 89.5 Å². The minimum Gasteiger partial charge on any atom is -0.490 e. The summed E-state index contributed by atoms with van der Waals surface area (Å²) in [6.45, 7) is 7.09. The Hall–Kier alpha value is -5.47. The number of hydrogen-bond acceptors (Lipinski definition) is 8. The Bertz CT molecular complexity index is 1840. The molecule has 0 aromatic heterocycles. The molecule has 0 saturated carbocycles. The van der Waals surface area contributed by atoms with E-state index in [2.05, 4.69) is 13.2 Å². The van der Waals surface area contributed by atoms with Crippen LogP contribution in [0.1, 0.15) is 0 Å². The summed E-state index contributed by atoms with van der Waals surface area (Å²) < 4.78 is 35.7. The summed E-state index contributed by atoms with van der Waals surface area (Å²) in [4.78, 5) is 24.3. The molecule has 2 atom stereocenters. The molecular formula is C38H33ClO8. The number of carbonyl (C=O) groups is 2. The van der Waals surface area contributed by atoms with Crippen molar-refractivity contribution in [1.82, 2.24) is 0 Å². The van der Waals surface area contributed by atoms with Crippen molar-refractivity contribution in [2.45, 2.75) is 12.2 Å². The summed E-state index contributed by atoms with van der Waals surface area (Å²) in [5, 5.41) is 3.34. The fourth-order valence-corrected chi connectivity index (χ4v) is 4.98. The molecule has 0 spiro atoms. The first-order valence-electron chi connectivity index (χ1n) is 14.9. The van der Waals surface area contributed by atoms with Crippen LogP contribution < -0.4 is 18.9 Å². The van der Waals surface area contributed by atoms with E-state index < -0.39 is 24.1 Å². The highest BCUT2D eigenvalue weighted by molar-refractivity contribution is 6.31. The molecule has 5 aromatic carbocycles. The van der Waals surface area contributed by atoms with Crippen LogP contribution in [-0.2, 0) is 19.1 Å². The maximum absolute atomic E-state index is 12.2. The standard InChI is InChI=1S/C38H33ClO8/c1-3-35(40)46-29(22-42-27-13-7-5-8-14-27)24-44-37-31-17-11-12-18-32(31)38(34-21-26(39)19-20-33(34)37)45-25-30(47-36(41)4-2)23-43-28-15-9-6-10-16-28/h3-21,29-30H,1-2,22-25H2. The molecule has 0 heterocycles. The summed E-state index contributed by atoms with van der Waals surface area (Å²) >= 11 is 6.48. The lowest BCUT2D eigenvalue weighted by Crippen LogP contribution is -2.31. The van der Waals surface area contributed by atoms with Crippen LogP contribution in [0.2, 0.25) is 5.02 Å². The molecule has 0 aliphatic heterocycles. The number of benzene rings is 5. The molecule has 9 heteroatoms. The molecule has 0 bridgehead atoms. The first-order valence-corrected chi connectivity index (χ1v) is 15.2. The second-order valence-corrected chi connectivity index (χ2v) is 10.7. The van der Waals surface area contributed by atoms with E-state index in [9.17, 15) is 9.59 Å². The SMILES string of the molecule is C=CC(=O)OC(COc1ccccc1)COc1c2ccccc2c(OCC(COc2ccccc2)OC(=O)C=C)c2cc(Cl)ccc12. The Morgan fingerprint density at radius 2 is 0.957 bits per heavy atom. The van der Waals surface area contributed by atoms with Crippen LogP contribution in [0.5, 0.6) is 23.0 Å². The number of carbonyl (C=O) groups excluding carboxylic acids is 2.